The van der Waals surface area contributed by atoms with Crippen molar-refractivity contribution in [1.82, 2.24) is 5.32 Å². The Balaban J connectivity index is 3.02. The number of Topliss-reactive ketones (excluding diaryl/α,β-unsaturated/α-hetero) is 1. The molecule has 6 nitrogen and oxygen atoms in total. The molecule has 0 aliphatic heterocycles. The van der Waals surface area contributed by atoms with Gasteiger partial charge in [0.15, 0.2) is 0 Å². The maximum atomic E-state index is 11.7. The molecule has 0 heterocycles. The van der Waals surface area contributed by atoms with E-state index in [4.69, 9.17) is 0 Å². The fraction of sp³-hybridized carbons (Fsp3) is 0.273. The Kier molecular flexibility index (Phi) is 3.92. The number of nitro benzene ring substituents is 1. The first-order valence-electron chi connectivity index (χ1n) is 4.94. The number of nitrogens with one attached hydrogen (secondary N) is 1. The molecule has 17 heavy (non-hydrogen) atoms. The van der Waals surface area contributed by atoms with Crippen LogP contribution in [0.1, 0.15) is 22.8 Å². The van der Waals surface area contributed by atoms with E-state index in [1.807, 2.05) is 0 Å². The molecule has 0 aliphatic rings. The third-order valence-electron chi connectivity index (χ3n) is 2.09. The highest BCUT2D eigenvalue weighted by atomic mass is 16.6. The molecule has 1 aromatic rings. The molecule has 0 fully saturated rings. The van der Waals surface area contributed by atoms with Crippen LogP contribution in [0, 0.1) is 17.0 Å². The quantitative estimate of drug-likeness (QED) is 0.628. The maximum Gasteiger partial charge on any atom is 0.282 e. The molecule has 0 aromatic heterocycles. The summed E-state index contributed by atoms with van der Waals surface area (Å²) >= 11 is 0. The molecule has 0 atom stereocenters. The molecular formula is C11H12N2O4. The number of ketones is 1. The highest BCUT2D eigenvalue weighted by molar-refractivity contribution is 5.99. The normalized spacial score (nSPS) is 9.76. The summed E-state index contributed by atoms with van der Waals surface area (Å²) in [6.07, 6.45) is 0. The van der Waals surface area contributed by atoms with Gasteiger partial charge < -0.3 is 5.32 Å². The first kappa shape index (κ1) is 12.8. The minimum atomic E-state index is -0.623. The number of hydrogen-bond donors (Lipinski definition) is 1. The van der Waals surface area contributed by atoms with Crippen molar-refractivity contribution in [2.75, 3.05) is 6.54 Å². The molecule has 6 heteroatoms. The van der Waals surface area contributed by atoms with Crippen LogP contribution >= 0.6 is 0 Å². The number of carbonyl (C=O) groups excluding carboxylic acids is 2. The van der Waals surface area contributed by atoms with E-state index in [9.17, 15) is 19.7 Å². The van der Waals surface area contributed by atoms with Gasteiger partial charge in [-0.25, -0.2) is 0 Å². The van der Waals surface area contributed by atoms with Gasteiger partial charge in [-0.2, -0.15) is 0 Å². The topological polar surface area (TPSA) is 89.3 Å². The van der Waals surface area contributed by atoms with Crippen molar-refractivity contribution < 1.29 is 14.5 Å². The van der Waals surface area contributed by atoms with E-state index in [1.165, 1.54) is 19.1 Å². The Morgan fingerprint density at radius 3 is 2.59 bits per heavy atom. The molecule has 1 amide bonds. The summed E-state index contributed by atoms with van der Waals surface area (Å²) in [5.74, 6) is -0.829. The van der Waals surface area contributed by atoms with Gasteiger partial charge >= 0.3 is 0 Å². The summed E-state index contributed by atoms with van der Waals surface area (Å²) in [6.45, 7) is 2.92. The molecular weight excluding hydrogens is 224 g/mol. The van der Waals surface area contributed by atoms with E-state index >= 15 is 0 Å². The lowest BCUT2D eigenvalue weighted by Gasteiger charge is -2.04. The minimum Gasteiger partial charge on any atom is -0.345 e. The highest BCUT2D eigenvalue weighted by Gasteiger charge is 2.19. The lowest BCUT2D eigenvalue weighted by molar-refractivity contribution is -0.385. The zero-order chi connectivity index (χ0) is 13.0. The highest BCUT2D eigenvalue weighted by Crippen LogP contribution is 2.19. The van der Waals surface area contributed by atoms with Crippen LogP contribution in [0.5, 0.6) is 0 Å². The van der Waals surface area contributed by atoms with Crippen LogP contribution in [-0.2, 0) is 4.79 Å². The number of nitrogens with zero attached hydrogens (tertiary/aromatic N) is 1. The second kappa shape index (κ2) is 5.20. The Bertz CT molecular complexity index is 482. The number of rotatable bonds is 4. The largest absolute Gasteiger partial charge is 0.345 e. The molecule has 0 bridgehead atoms. The van der Waals surface area contributed by atoms with Gasteiger partial charge in [-0.15, -0.1) is 0 Å². The molecule has 0 saturated carbocycles. The Labute approximate surface area is 97.8 Å². The van der Waals surface area contributed by atoms with Crippen molar-refractivity contribution in [3.63, 3.8) is 0 Å². The summed E-state index contributed by atoms with van der Waals surface area (Å²) in [5, 5.41) is 13.1. The average molecular weight is 236 g/mol. The second-order valence-electron chi connectivity index (χ2n) is 3.66. The number of carbonyl (C=O) groups is 2. The van der Waals surface area contributed by atoms with Crippen LogP contribution in [0.15, 0.2) is 18.2 Å². The number of benzene rings is 1. The first-order chi connectivity index (χ1) is 7.91. The van der Waals surface area contributed by atoms with Crippen molar-refractivity contribution in [3.8, 4) is 0 Å². The molecule has 90 valence electrons. The summed E-state index contributed by atoms with van der Waals surface area (Å²) in [7, 11) is 0. The van der Waals surface area contributed by atoms with Crippen molar-refractivity contribution in [2.45, 2.75) is 13.8 Å². The van der Waals surface area contributed by atoms with Gasteiger partial charge in [-0.3, -0.25) is 19.7 Å². The van der Waals surface area contributed by atoms with E-state index in [1.54, 1.807) is 13.0 Å². The number of aryl methyl sites for hydroxylation is 1. The molecule has 0 unspecified atom stereocenters. The van der Waals surface area contributed by atoms with Crippen LogP contribution < -0.4 is 5.32 Å². The fourth-order valence-corrected chi connectivity index (χ4v) is 1.29. The molecule has 0 radical (unpaired) electrons. The lowest BCUT2D eigenvalue weighted by atomic mass is 10.1. The third-order valence-corrected chi connectivity index (χ3v) is 2.09. The average Bonchev–Trinajstić information content (AvgIpc) is 2.25. The molecule has 0 saturated heterocycles. The summed E-state index contributed by atoms with van der Waals surface area (Å²) in [5.41, 5.74) is 0.441. The molecule has 1 N–H and O–H groups in total. The number of amides is 1. The van der Waals surface area contributed by atoms with Crippen molar-refractivity contribution in [3.05, 3.63) is 39.4 Å². The van der Waals surface area contributed by atoms with Gasteiger partial charge in [0.1, 0.15) is 11.3 Å². The van der Waals surface area contributed by atoms with Gasteiger partial charge in [-0.05, 0) is 25.5 Å². The van der Waals surface area contributed by atoms with Crippen molar-refractivity contribution in [1.29, 1.82) is 0 Å². The fourth-order valence-electron chi connectivity index (χ4n) is 1.29. The van der Waals surface area contributed by atoms with Crippen LogP contribution in [0.3, 0.4) is 0 Å². The summed E-state index contributed by atoms with van der Waals surface area (Å²) < 4.78 is 0. The van der Waals surface area contributed by atoms with Crippen LogP contribution in [-0.4, -0.2) is 23.2 Å². The lowest BCUT2D eigenvalue weighted by Crippen LogP contribution is -2.28. The Hall–Kier alpha value is -2.24. The summed E-state index contributed by atoms with van der Waals surface area (Å²) in [6, 6.07) is 4.26. The van der Waals surface area contributed by atoms with E-state index < -0.39 is 10.8 Å². The van der Waals surface area contributed by atoms with E-state index in [2.05, 4.69) is 5.32 Å². The van der Waals surface area contributed by atoms with Gasteiger partial charge in [0.05, 0.1) is 11.5 Å². The molecule has 0 aliphatic carbocycles. The van der Waals surface area contributed by atoms with E-state index in [-0.39, 0.29) is 23.6 Å². The Morgan fingerprint density at radius 1 is 1.41 bits per heavy atom. The van der Waals surface area contributed by atoms with Crippen LogP contribution in [0.25, 0.3) is 0 Å². The van der Waals surface area contributed by atoms with Gasteiger partial charge in [-0.1, -0.05) is 6.07 Å². The predicted molar refractivity (Wildman–Crippen MR) is 60.8 cm³/mol. The van der Waals surface area contributed by atoms with Crippen LogP contribution in [0.2, 0.25) is 0 Å². The smallest absolute Gasteiger partial charge is 0.282 e. The third kappa shape index (κ3) is 3.37. The van der Waals surface area contributed by atoms with E-state index in [0.717, 1.165) is 5.56 Å². The zero-order valence-electron chi connectivity index (χ0n) is 9.52. The Morgan fingerprint density at radius 2 is 2.06 bits per heavy atom. The second-order valence-corrected chi connectivity index (χ2v) is 3.66. The summed E-state index contributed by atoms with van der Waals surface area (Å²) in [4.78, 5) is 32.5. The van der Waals surface area contributed by atoms with E-state index in [0.29, 0.717) is 0 Å². The number of nitro groups is 1. The monoisotopic (exact) mass is 236 g/mol. The molecule has 1 rings (SSSR count). The zero-order valence-corrected chi connectivity index (χ0v) is 9.52. The van der Waals surface area contributed by atoms with Crippen LogP contribution in [0.4, 0.5) is 5.69 Å². The van der Waals surface area contributed by atoms with Gasteiger partial charge in [0, 0.05) is 6.07 Å². The first-order valence-corrected chi connectivity index (χ1v) is 4.94. The van der Waals surface area contributed by atoms with Crippen molar-refractivity contribution >= 4 is 17.4 Å². The minimum absolute atomic E-state index is 0.0312. The maximum absolute atomic E-state index is 11.7. The predicted octanol–water partition coefficient (Wildman–Crippen LogP) is 1.22. The molecule has 1 aromatic carbocycles. The van der Waals surface area contributed by atoms with Gasteiger partial charge in [0.2, 0.25) is 0 Å². The van der Waals surface area contributed by atoms with Crippen molar-refractivity contribution in [2.24, 2.45) is 0 Å². The van der Waals surface area contributed by atoms with Gasteiger partial charge in [0.25, 0.3) is 11.6 Å². The molecule has 0 spiro atoms. The SMILES string of the molecule is CC(=O)CNC(=O)c1cc(C)ccc1[N+](=O)[O-]. The number of hydrogen-bond acceptors (Lipinski definition) is 4. The standard InChI is InChI=1S/C11H12N2O4/c1-7-3-4-10(13(16)17)9(5-7)11(15)12-6-8(2)14/h3-5H,6H2,1-2H3,(H,12,15).